The molecule has 25 heavy (non-hydrogen) atoms. The second-order valence-electron chi connectivity index (χ2n) is 6.41. The lowest BCUT2D eigenvalue weighted by Crippen LogP contribution is -2.33. The largest absolute Gasteiger partial charge is 0.476 e. The highest BCUT2D eigenvalue weighted by Crippen LogP contribution is 2.41. The van der Waals surface area contributed by atoms with E-state index in [0.29, 0.717) is 34.7 Å². The van der Waals surface area contributed by atoms with Gasteiger partial charge in [-0.25, -0.2) is 4.79 Å². The Labute approximate surface area is 151 Å². The third-order valence-electron chi connectivity index (χ3n) is 3.94. The molecule has 0 aliphatic heterocycles. The molecule has 2 aromatic rings. The monoisotopic (exact) mass is 358 g/mol. The van der Waals surface area contributed by atoms with Crippen LogP contribution in [0.3, 0.4) is 0 Å². The third-order valence-corrected chi connectivity index (χ3v) is 4.17. The van der Waals surface area contributed by atoms with Gasteiger partial charge in [-0.15, -0.1) is 0 Å². The second kappa shape index (κ2) is 6.89. The van der Waals surface area contributed by atoms with Crippen LogP contribution in [0.5, 0.6) is 5.75 Å². The van der Waals surface area contributed by atoms with Gasteiger partial charge in [0.1, 0.15) is 5.75 Å². The predicted octanol–water partition coefficient (Wildman–Crippen LogP) is 4.43. The normalized spacial score (nSPS) is 14.9. The van der Waals surface area contributed by atoms with E-state index in [1.165, 1.54) is 0 Å². The van der Waals surface area contributed by atoms with Crippen LogP contribution in [0.4, 0.5) is 0 Å². The van der Waals surface area contributed by atoms with Crippen molar-refractivity contribution in [2.45, 2.75) is 38.4 Å². The summed E-state index contributed by atoms with van der Waals surface area (Å²) in [5.41, 5.74) is 0.188. The number of carbonyl (C=O) groups excluding carboxylic acids is 2. The van der Waals surface area contributed by atoms with E-state index in [4.69, 9.17) is 21.1 Å². The Kier molecular flexibility index (Phi) is 4.82. The molecule has 130 valence electrons. The highest BCUT2D eigenvalue weighted by molar-refractivity contribution is 6.31. The summed E-state index contributed by atoms with van der Waals surface area (Å²) in [6.07, 6.45) is 1.11. The van der Waals surface area contributed by atoms with E-state index in [0.717, 1.165) is 0 Å². The van der Waals surface area contributed by atoms with E-state index in [1.54, 1.807) is 48.5 Å². The van der Waals surface area contributed by atoms with Crippen LogP contribution in [-0.4, -0.2) is 23.5 Å². The van der Waals surface area contributed by atoms with Crippen LogP contribution in [0.2, 0.25) is 5.02 Å². The van der Waals surface area contributed by atoms with Crippen molar-refractivity contribution >= 4 is 23.4 Å². The van der Waals surface area contributed by atoms with Crippen molar-refractivity contribution < 1.29 is 19.1 Å². The molecular weight excluding hydrogens is 340 g/mol. The van der Waals surface area contributed by atoms with Gasteiger partial charge in [0.2, 0.25) is 5.60 Å². The maximum absolute atomic E-state index is 12.5. The number of hydrogen-bond acceptors (Lipinski definition) is 4. The minimum Gasteiger partial charge on any atom is -0.476 e. The molecule has 0 saturated heterocycles. The third kappa shape index (κ3) is 4.02. The smallest absolute Gasteiger partial charge is 0.350 e. The first-order valence-corrected chi connectivity index (χ1v) is 8.58. The molecule has 1 aliphatic carbocycles. The maximum Gasteiger partial charge on any atom is 0.350 e. The number of esters is 1. The van der Waals surface area contributed by atoms with Gasteiger partial charge in [0.05, 0.1) is 6.10 Å². The number of rotatable bonds is 6. The number of ketones is 1. The first-order chi connectivity index (χ1) is 11.9. The van der Waals surface area contributed by atoms with Crippen molar-refractivity contribution in [2.75, 3.05) is 0 Å². The molecule has 0 atom stereocenters. The molecular formula is C20H19ClO4. The fourth-order valence-electron chi connectivity index (χ4n) is 2.48. The van der Waals surface area contributed by atoms with Crippen LogP contribution >= 0.6 is 11.6 Å². The molecule has 0 aromatic heterocycles. The number of hydrogen-bond donors (Lipinski definition) is 0. The summed E-state index contributed by atoms with van der Waals surface area (Å²) in [5, 5.41) is 0.519. The van der Waals surface area contributed by atoms with Gasteiger partial charge in [-0.2, -0.15) is 0 Å². The molecule has 0 spiro atoms. The van der Waals surface area contributed by atoms with Crippen LogP contribution in [0.15, 0.2) is 48.5 Å². The first-order valence-electron chi connectivity index (χ1n) is 8.20. The molecule has 0 heterocycles. The van der Waals surface area contributed by atoms with E-state index in [-0.39, 0.29) is 17.9 Å². The topological polar surface area (TPSA) is 52.6 Å². The molecule has 2 aromatic carbocycles. The highest BCUT2D eigenvalue weighted by Gasteiger charge is 2.54. The second-order valence-corrected chi connectivity index (χ2v) is 6.85. The number of halogens is 1. The van der Waals surface area contributed by atoms with Crippen LogP contribution in [0.1, 0.15) is 42.6 Å². The summed E-state index contributed by atoms with van der Waals surface area (Å²) >= 11 is 5.93. The molecule has 5 heteroatoms. The van der Waals surface area contributed by atoms with E-state index < -0.39 is 5.60 Å². The van der Waals surface area contributed by atoms with Crippen molar-refractivity contribution in [3.8, 4) is 5.75 Å². The lowest BCUT2D eigenvalue weighted by Gasteiger charge is -2.18. The summed E-state index contributed by atoms with van der Waals surface area (Å²) in [5.74, 6) is 0.0943. The Morgan fingerprint density at radius 3 is 2.28 bits per heavy atom. The first kappa shape index (κ1) is 17.5. The Bertz CT molecular complexity index is 792. The molecule has 1 saturated carbocycles. The van der Waals surface area contributed by atoms with E-state index in [9.17, 15) is 9.59 Å². The molecule has 0 unspecified atom stereocenters. The molecule has 0 N–H and O–H groups in total. The average molecular weight is 359 g/mol. The highest BCUT2D eigenvalue weighted by atomic mass is 35.5. The zero-order valence-corrected chi connectivity index (χ0v) is 14.9. The van der Waals surface area contributed by atoms with Crippen LogP contribution < -0.4 is 4.74 Å². The molecule has 4 nitrogen and oxygen atoms in total. The van der Waals surface area contributed by atoms with Crippen LogP contribution in [0.25, 0.3) is 0 Å². The quantitative estimate of drug-likeness (QED) is 0.566. The van der Waals surface area contributed by atoms with Gasteiger partial charge in [0, 0.05) is 29.0 Å². The van der Waals surface area contributed by atoms with Crippen LogP contribution in [-0.2, 0) is 9.53 Å². The molecule has 1 aliphatic rings. The lowest BCUT2D eigenvalue weighted by molar-refractivity contribution is -0.158. The summed E-state index contributed by atoms with van der Waals surface area (Å²) in [7, 11) is 0. The zero-order valence-electron chi connectivity index (χ0n) is 14.1. The van der Waals surface area contributed by atoms with Crippen LogP contribution in [0, 0.1) is 0 Å². The Morgan fingerprint density at radius 1 is 1.04 bits per heavy atom. The van der Waals surface area contributed by atoms with E-state index in [2.05, 4.69) is 0 Å². The predicted molar refractivity (Wildman–Crippen MR) is 95.1 cm³/mol. The van der Waals surface area contributed by atoms with E-state index >= 15 is 0 Å². The van der Waals surface area contributed by atoms with Gasteiger partial charge in [0.25, 0.3) is 0 Å². The van der Waals surface area contributed by atoms with Crippen molar-refractivity contribution in [3.05, 3.63) is 64.7 Å². The van der Waals surface area contributed by atoms with Gasteiger partial charge in [-0.3, -0.25) is 4.79 Å². The van der Waals surface area contributed by atoms with Gasteiger partial charge >= 0.3 is 5.97 Å². The zero-order chi connectivity index (χ0) is 18.0. The summed E-state index contributed by atoms with van der Waals surface area (Å²) in [6, 6.07) is 13.6. The average Bonchev–Trinajstić information content (AvgIpc) is 3.35. The van der Waals surface area contributed by atoms with Gasteiger partial charge in [-0.05, 0) is 50.2 Å². The summed E-state index contributed by atoms with van der Waals surface area (Å²) in [4.78, 5) is 24.6. The number of ether oxygens (including phenoxy) is 2. The number of benzene rings is 2. The maximum atomic E-state index is 12.5. The molecule has 0 amide bonds. The minimum atomic E-state index is -0.872. The summed E-state index contributed by atoms with van der Waals surface area (Å²) in [6.45, 7) is 3.62. The van der Waals surface area contributed by atoms with Gasteiger partial charge < -0.3 is 9.47 Å². The molecule has 1 fully saturated rings. The van der Waals surface area contributed by atoms with Crippen molar-refractivity contribution in [1.82, 2.24) is 0 Å². The standard InChI is InChI=1S/C20H19ClO4/c1-13(2)24-19(23)20(10-11-20)25-17-8-6-14(7-9-17)18(22)15-4-3-5-16(21)12-15/h3-9,12-13H,10-11H2,1-2H3. The van der Waals surface area contributed by atoms with Crippen molar-refractivity contribution in [1.29, 1.82) is 0 Å². The fraction of sp³-hybridized carbons (Fsp3) is 0.300. The Hall–Kier alpha value is -2.33. The Balaban J connectivity index is 1.71. The summed E-state index contributed by atoms with van der Waals surface area (Å²) < 4.78 is 11.1. The van der Waals surface area contributed by atoms with Crippen molar-refractivity contribution in [3.63, 3.8) is 0 Å². The SMILES string of the molecule is CC(C)OC(=O)C1(Oc2ccc(C(=O)c3cccc(Cl)c3)cc2)CC1. The minimum absolute atomic E-state index is 0.116. The lowest BCUT2D eigenvalue weighted by atomic mass is 10.0. The number of carbonyl (C=O) groups is 2. The van der Waals surface area contributed by atoms with Crippen molar-refractivity contribution in [2.24, 2.45) is 0 Å². The molecule has 0 radical (unpaired) electrons. The molecule has 3 rings (SSSR count). The van der Waals surface area contributed by atoms with E-state index in [1.807, 2.05) is 13.8 Å². The van der Waals surface area contributed by atoms with Gasteiger partial charge in [0.15, 0.2) is 5.78 Å². The molecule has 0 bridgehead atoms. The van der Waals surface area contributed by atoms with Gasteiger partial charge in [-0.1, -0.05) is 23.7 Å². The fourth-order valence-corrected chi connectivity index (χ4v) is 2.67. The Morgan fingerprint density at radius 2 is 1.72 bits per heavy atom.